The zero-order valence-electron chi connectivity index (χ0n) is 16.4. The van der Waals surface area contributed by atoms with Crippen LogP contribution >= 0.6 is 0 Å². The van der Waals surface area contributed by atoms with Crippen molar-refractivity contribution in [3.05, 3.63) is 53.8 Å². The van der Waals surface area contributed by atoms with Crippen LogP contribution in [0.15, 0.2) is 42.5 Å². The number of rotatable bonds is 7. The van der Waals surface area contributed by atoms with E-state index >= 15 is 0 Å². The fourth-order valence-electron chi connectivity index (χ4n) is 3.13. The van der Waals surface area contributed by atoms with E-state index < -0.39 is 17.7 Å². The molecular weight excluding hydrogens is 373 g/mol. The molecule has 2 aromatic carbocycles. The Kier molecular flexibility index (Phi) is 7.34. The minimum atomic E-state index is -0.473. The van der Waals surface area contributed by atoms with Crippen LogP contribution in [0, 0.1) is 23.1 Å². The second-order valence-corrected chi connectivity index (χ2v) is 7.04. The molecule has 0 radical (unpaired) electrons. The summed E-state index contributed by atoms with van der Waals surface area (Å²) in [5.41, 5.74) is 1.28. The number of unbranched alkanes of at least 4 members (excludes halogenated alkanes) is 2. The third kappa shape index (κ3) is 5.63. The quantitative estimate of drug-likeness (QED) is 0.380. The first-order valence-corrected chi connectivity index (χ1v) is 9.85. The summed E-state index contributed by atoms with van der Waals surface area (Å²) in [4.78, 5) is 12.3. The molecule has 0 saturated carbocycles. The predicted octanol–water partition coefficient (Wildman–Crippen LogP) is 4.84. The number of halogens is 1. The Balaban J connectivity index is 1.54. The Bertz CT molecular complexity index is 867. The molecule has 0 aliphatic carbocycles. The molecule has 0 bridgehead atoms. The van der Waals surface area contributed by atoms with Gasteiger partial charge in [-0.1, -0.05) is 38.0 Å². The van der Waals surface area contributed by atoms with Gasteiger partial charge in [0.25, 0.3) is 0 Å². The van der Waals surface area contributed by atoms with Gasteiger partial charge in [-0.05, 0) is 42.7 Å². The summed E-state index contributed by atoms with van der Waals surface area (Å²) in [6, 6.07) is 12.8. The average molecular weight is 397 g/mol. The lowest BCUT2D eigenvalue weighted by atomic mass is 10.0. The number of carbonyl (C=O) groups is 1. The zero-order chi connectivity index (χ0) is 20.6. The molecule has 1 aliphatic heterocycles. The van der Waals surface area contributed by atoms with Crippen molar-refractivity contribution >= 4 is 5.97 Å². The molecule has 2 aromatic rings. The summed E-state index contributed by atoms with van der Waals surface area (Å²) in [7, 11) is 0. The molecule has 5 nitrogen and oxygen atoms in total. The van der Waals surface area contributed by atoms with E-state index in [1.807, 2.05) is 6.07 Å². The fourth-order valence-corrected chi connectivity index (χ4v) is 3.13. The van der Waals surface area contributed by atoms with Crippen LogP contribution in [-0.2, 0) is 14.3 Å². The van der Waals surface area contributed by atoms with Crippen molar-refractivity contribution in [1.82, 2.24) is 0 Å². The van der Waals surface area contributed by atoms with Crippen LogP contribution in [0.1, 0.15) is 38.2 Å². The van der Waals surface area contributed by atoms with E-state index in [9.17, 15) is 9.18 Å². The van der Waals surface area contributed by atoms with Crippen LogP contribution in [0.4, 0.5) is 4.39 Å². The van der Waals surface area contributed by atoms with E-state index in [-0.39, 0.29) is 25.1 Å². The van der Waals surface area contributed by atoms with Crippen molar-refractivity contribution in [2.45, 2.75) is 38.9 Å². The molecule has 152 valence electrons. The lowest BCUT2D eigenvalue weighted by Crippen LogP contribution is -2.38. The minimum absolute atomic E-state index is 0.243. The Morgan fingerprint density at radius 2 is 1.90 bits per heavy atom. The molecule has 29 heavy (non-hydrogen) atoms. The molecule has 0 N–H and O–H groups in total. The largest absolute Gasteiger partial charge is 0.426 e. The van der Waals surface area contributed by atoms with Crippen LogP contribution in [-0.4, -0.2) is 25.5 Å². The van der Waals surface area contributed by atoms with Gasteiger partial charge in [0.05, 0.1) is 24.8 Å². The highest BCUT2D eigenvalue weighted by Gasteiger charge is 2.29. The van der Waals surface area contributed by atoms with E-state index in [4.69, 9.17) is 19.5 Å². The maximum Gasteiger partial charge on any atom is 0.319 e. The molecule has 0 atom stereocenters. The first kappa shape index (κ1) is 21.0. The normalized spacial score (nSPS) is 18.8. The zero-order valence-corrected chi connectivity index (χ0v) is 16.4. The molecule has 1 aliphatic rings. The summed E-state index contributed by atoms with van der Waals surface area (Å²) in [5.74, 6) is -0.973. The van der Waals surface area contributed by atoms with Crippen molar-refractivity contribution in [2.75, 3.05) is 13.2 Å². The van der Waals surface area contributed by atoms with Gasteiger partial charge in [-0.3, -0.25) is 4.79 Å². The van der Waals surface area contributed by atoms with Gasteiger partial charge in [0, 0.05) is 5.56 Å². The second-order valence-electron chi connectivity index (χ2n) is 7.04. The number of nitrogens with zero attached hydrogens (tertiary/aromatic N) is 1. The maximum atomic E-state index is 14.1. The monoisotopic (exact) mass is 397 g/mol. The van der Waals surface area contributed by atoms with Crippen LogP contribution in [0.2, 0.25) is 0 Å². The fraction of sp³-hybridized carbons (Fsp3) is 0.391. The third-order valence-corrected chi connectivity index (χ3v) is 4.83. The van der Waals surface area contributed by atoms with Crippen LogP contribution < -0.4 is 4.74 Å². The Morgan fingerprint density at radius 3 is 2.52 bits per heavy atom. The highest BCUT2D eigenvalue weighted by Crippen LogP contribution is 2.26. The van der Waals surface area contributed by atoms with Crippen molar-refractivity contribution in [2.24, 2.45) is 5.92 Å². The van der Waals surface area contributed by atoms with E-state index in [1.54, 1.807) is 36.4 Å². The summed E-state index contributed by atoms with van der Waals surface area (Å²) in [6.07, 6.45) is 3.91. The molecule has 1 saturated heterocycles. The topological polar surface area (TPSA) is 68.5 Å². The van der Waals surface area contributed by atoms with Crippen LogP contribution in [0.25, 0.3) is 11.1 Å². The van der Waals surface area contributed by atoms with Crippen LogP contribution in [0.5, 0.6) is 5.75 Å². The first-order valence-electron chi connectivity index (χ1n) is 9.85. The van der Waals surface area contributed by atoms with Crippen LogP contribution in [0.3, 0.4) is 0 Å². The molecule has 0 aromatic heterocycles. The van der Waals surface area contributed by atoms with Crippen molar-refractivity contribution in [3.63, 3.8) is 0 Å². The van der Waals surface area contributed by atoms with Gasteiger partial charge in [0.1, 0.15) is 17.5 Å². The number of ether oxygens (including phenoxy) is 3. The van der Waals surface area contributed by atoms with E-state index in [1.165, 1.54) is 6.07 Å². The number of benzene rings is 2. The van der Waals surface area contributed by atoms with E-state index in [0.717, 1.165) is 25.7 Å². The van der Waals surface area contributed by atoms with Gasteiger partial charge >= 0.3 is 5.97 Å². The molecule has 0 amide bonds. The summed E-state index contributed by atoms with van der Waals surface area (Å²) in [6.45, 7) is 2.70. The van der Waals surface area contributed by atoms with Crippen molar-refractivity contribution in [1.29, 1.82) is 5.26 Å². The number of hydrogen-bond acceptors (Lipinski definition) is 5. The lowest BCUT2D eigenvalue weighted by molar-refractivity contribution is -0.208. The molecule has 0 spiro atoms. The van der Waals surface area contributed by atoms with E-state index in [0.29, 0.717) is 16.9 Å². The Hall–Kier alpha value is -2.75. The first-order chi connectivity index (χ1) is 14.1. The second kappa shape index (κ2) is 10.1. The Morgan fingerprint density at radius 1 is 1.17 bits per heavy atom. The standard InChI is InChI=1S/C23H24FNO4/c1-2-3-4-5-22-27-14-18(15-28-22)23(26)29-19-9-7-17(8-10-19)20-11-6-16(13-25)12-21(20)24/h6-12,18,22H,2-5,14-15H2,1H3. The summed E-state index contributed by atoms with van der Waals surface area (Å²) >= 11 is 0. The third-order valence-electron chi connectivity index (χ3n) is 4.83. The summed E-state index contributed by atoms with van der Waals surface area (Å²) in [5, 5.41) is 8.83. The molecular formula is C23H24FNO4. The van der Waals surface area contributed by atoms with Gasteiger partial charge in [-0.2, -0.15) is 5.26 Å². The SMILES string of the molecule is CCCCCC1OCC(C(=O)Oc2ccc(-c3ccc(C#N)cc3F)cc2)CO1. The van der Waals surface area contributed by atoms with E-state index in [2.05, 4.69) is 6.92 Å². The number of esters is 1. The minimum Gasteiger partial charge on any atom is -0.426 e. The predicted molar refractivity (Wildman–Crippen MR) is 106 cm³/mol. The molecule has 1 fully saturated rings. The smallest absolute Gasteiger partial charge is 0.319 e. The maximum absolute atomic E-state index is 14.1. The van der Waals surface area contributed by atoms with Crippen molar-refractivity contribution < 1.29 is 23.4 Å². The van der Waals surface area contributed by atoms with Gasteiger partial charge < -0.3 is 14.2 Å². The molecule has 3 rings (SSSR count). The highest BCUT2D eigenvalue weighted by atomic mass is 19.1. The molecule has 1 heterocycles. The average Bonchev–Trinajstić information content (AvgIpc) is 2.75. The van der Waals surface area contributed by atoms with Gasteiger partial charge in [-0.15, -0.1) is 0 Å². The van der Waals surface area contributed by atoms with Gasteiger partial charge in [-0.25, -0.2) is 4.39 Å². The lowest BCUT2D eigenvalue weighted by Gasteiger charge is -2.28. The number of nitriles is 1. The molecule has 6 heteroatoms. The highest BCUT2D eigenvalue weighted by molar-refractivity contribution is 5.76. The number of hydrogen-bond donors (Lipinski definition) is 0. The Labute approximate surface area is 170 Å². The van der Waals surface area contributed by atoms with Gasteiger partial charge in [0.15, 0.2) is 6.29 Å². The summed E-state index contributed by atoms with van der Waals surface area (Å²) < 4.78 is 30.8. The van der Waals surface area contributed by atoms with Crippen molar-refractivity contribution in [3.8, 4) is 22.9 Å². The number of carbonyl (C=O) groups excluding carboxylic acids is 1. The molecule has 0 unspecified atom stereocenters. The van der Waals surface area contributed by atoms with Gasteiger partial charge in [0.2, 0.25) is 0 Å².